The van der Waals surface area contributed by atoms with Crippen LogP contribution in [0.2, 0.25) is 0 Å². The van der Waals surface area contributed by atoms with Crippen molar-refractivity contribution in [1.82, 2.24) is 4.57 Å². The number of rotatable bonds is 8. The topological polar surface area (TPSA) is 79.1 Å². The summed E-state index contributed by atoms with van der Waals surface area (Å²) in [6.45, 7) is 4.03. The van der Waals surface area contributed by atoms with Crippen molar-refractivity contribution in [3.05, 3.63) is 100 Å². The molecule has 0 saturated carbocycles. The third kappa shape index (κ3) is 5.08. The third-order valence-electron chi connectivity index (χ3n) is 6.79. The summed E-state index contributed by atoms with van der Waals surface area (Å²) in [5.74, 6) is 0.877. The van der Waals surface area contributed by atoms with Crippen LogP contribution < -0.4 is 24.4 Å². The van der Waals surface area contributed by atoms with Crippen LogP contribution >= 0.6 is 33.9 Å². The highest BCUT2D eigenvalue weighted by molar-refractivity contribution is 14.1. The Kier molecular flexibility index (Phi) is 8.41. The standard InChI is InChI=1S/C31H29IN2O5S/c1-5-9-22-27(30(36)39-6-2)28(26-20-11-8-7-10-19(20)13-15-24(26)38-4)34-29(35)25(40-31(34)33-22)17-18-12-14-23(37-3)21(32)16-18/h7-8,10-17,28H,5-6,9H2,1-4H3/b25-17-. The van der Waals surface area contributed by atoms with Gasteiger partial charge in [-0.15, -0.1) is 0 Å². The molecule has 0 saturated heterocycles. The van der Waals surface area contributed by atoms with Crippen LogP contribution in [-0.4, -0.2) is 31.4 Å². The molecule has 1 aliphatic rings. The Morgan fingerprint density at radius 2 is 1.82 bits per heavy atom. The number of benzene rings is 3. The highest BCUT2D eigenvalue weighted by atomic mass is 127. The summed E-state index contributed by atoms with van der Waals surface area (Å²) in [7, 11) is 3.23. The maximum atomic E-state index is 14.2. The first-order valence-electron chi connectivity index (χ1n) is 13.0. The summed E-state index contributed by atoms with van der Waals surface area (Å²) < 4.78 is 19.9. The summed E-state index contributed by atoms with van der Waals surface area (Å²) in [6, 6.07) is 16.8. The number of carbonyl (C=O) groups is 1. The third-order valence-corrected chi connectivity index (χ3v) is 8.62. The Hall–Kier alpha value is -3.44. The molecule has 0 fully saturated rings. The van der Waals surface area contributed by atoms with Crippen molar-refractivity contribution in [1.29, 1.82) is 0 Å². The van der Waals surface area contributed by atoms with Crippen molar-refractivity contribution in [2.45, 2.75) is 32.7 Å². The van der Waals surface area contributed by atoms with Crippen LogP contribution in [0.5, 0.6) is 11.5 Å². The average Bonchev–Trinajstić information content (AvgIpc) is 3.26. The van der Waals surface area contributed by atoms with Crippen molar-refractivity contribution in [2.24, 2.45) is 4.99 Å². The quantitative estimate of drug-likeness (QED) is 0.187. The minimum atomic E-state index is -0.768. The van der Waals surface area contributed by atoms with E-state index in [-0.39, 0.29) is 12.2 Å². The van der Waals surface area contributed by atoms with Gasteiger partial charge < -0.3 is 14.2 Å². The molecule has 1 aliphatic heterocycles. The molecule has 206 valence electrons. The number of carbonyl (C=O) groups excluding carboxylic acids is 1. The number of nitrogens with zero attached hydrogens (tertiary/aromatic N) is 2. The van der Waals surface area contributed by atoms with E-state index in [1.165, 1.54) is 11.3 Å². The van der Waals surface area contributed by atoms with E-state index in [0.717, 1.165) is 37.6 Å². The van der Waals surface area contributed by atoms with Crippen LogP contribution in [0.3, 0.4) is 0 Å². The normalized spacial score (nSPS) is 15.1. The van der Waals surface area contributed by atoms with E-state index >= 15 is 0 Å². The van der Waals surface area contributed by atoms with Gasteiger partial charge in [0.05, 0.1) is 40.2 Å². The molecule has 7 nitrogen and oxygen atoms in total. The molecule has 0 spiro atoms. The zero-order valence-electron chi connectivity index (χ0n) is 22.7. The Morgan fingerprint density at radius 1 is 1.07 bits per heavy atom. The number of fused-ring (bicyclic) bond motifs is 2. The van der Waals surface area contributed by atoms with Crippen LogP contribution in [0.25, 0.3) is 16.8 Å². The first-order valence-corrected chi connectivity index (χ1v) is 14.9. The van der Waals surface area contributed by atoms with Gasteiger partial charge >= 0.3 is 5.97 Å². The number of allylic oxidation sites excluding steroid dienone is 1. The van der Waals surface area contributed by atoms with Crippen LogP contribution in [0.4, 0.5) is 0 Å². The van der Waals surface area contributed by atoms with Gasteiger partial charge in [-0.3, -0.25) is 9.36 Å². The number of hydrogen-bond acceptors (Lipinski definition) is 7. The van der Waals surface area contributed by atoms with Gasteiger partial charge in [-0.2, -0.15) is 0 Å². The van der Waals surface area contributed by atoms with Gasteiger partial charge in [0.2, 0.25) is 0 Å². The van der Waals surface area contributed by atoms with Crippen LogP contribution in [0.1, 0.15) is 43.9 Å². The lowest BCUT2D eigenvalue weighted by Gasteiger charge is -2.28. The number of methoxy groups -OCH3 is 2. The lowest BCUT2D eigenvalue weighted by molar-refractivity contribution is -0.139. The van der Waals surface area contributed by atoms with Crippen molar-refractivity contribution in [3.63, 3.8) is 0 Å². The first-order chi connectivity index (χ1) is 19.4. The lowest BCUT2D eigenvalue weighted by atomic mass is 9.90. The fraction of sp³-hybridized carbons (Fsp3) is 0.258. The van der Waals surface area contributed by atoms with E-state index in [1.807, 2.05) is 67.6 Å². The van der Waals surface area contributed by atoms with Crippen LogP contribution in [-0.2, 0) is 9.53 Å². The van der Waals surface area contributed by atoms with Gasteiger partial charge in [-0.25, -0.2) is 9.79 Å². The maximum absolute atomic E-state index is 14.2. The molecular formula is C31H29IN2O5S. The number of ether oxygens (including phenoxy) is 3. The van der Waals surface area contributed by atoms with E-state index in [2.05, 4.69) is 22.6 Å². The van der Waals surface area contributed by atoms with Crippen molar-refractivity contribution in [2.75, 3.05) is 20.8 Å². The molecule has 0 bridgehead atoms. The molecular weight excluding hydrogens is 639 g/mol. The van der Waals surface area contributed by atoms with Crippen molar-refractivity contribution in [3.8, 4) is 11.5 Å². The molecule has 0 radical (unpaired) electrons. The Balaban J connectivity index is 1.85. The molecule has 0 aliphatic carbocycles. The number of hydrogen-bond donors (Lipinski definition) is 0. The van der Waals surface area contributed by atoms with Gasteiger partial charge in [0, 0.05) is 5.56 Å². The smallest absolute Gasteiger partial charge is 0.338 e. The minimum absolute atomic E-state index is 0.210. The molecule has 1 atom stereocenters. The van der Waals surface area contributed by atoms with Gasteiger partial charge in [-0.1, -0.05) is 61.1 Å². The maximum Gasteiger partial charge on any atom is 0.338 e. The van der Waals surface area contributed by atoms with Gasteiger partial charge in [0.1, 0.15) is 17.5 Å². The van der Waals surface area contributed by atoms with Crippen molar-refractivity contribution < 1.29 is 19.0 Å². The summed E-state index contributed by atoms with van der Waals surface area (Å²) in [4.78, 5) is 33.2. The number of aromatic nitrogens is 1. The first kappa shape index (κ1) is 28.1. The average molecular weight is 669 g/mol. The molecule has 0 N–H and O–H groups in total. The second-order valence-corrected chi connectivity index (χ2v) is 11.4. The molecule has 5 rings (SSSR count). The SMILES string of the molecule is CCCC1=C(C(=O)OCC)C(c2c(OC)ccc3ccccc23)n2c(s/c(=C\c3ccc(OC)c(I)c3)c2=O)=N1. The van der Waals surface area contributed by atoms with E-state index in [1.54, 1.807) is 25.7 Å². The summed E-state index contributed by atoms with van der Waals surface area (Å²) in [6.07, 6.45) is 3.20. The Labute approximate surface area is 249 Å². The van der Waals surface area contributed by atoms with Crippen LogP contribution in [0, 0.1) is 3.57 Å². The van der Waals surface area contributed by atoms with Gasteiger partial charge in [-0.05, 0) is 76.5 Å². The summed E-state index contributed by atoms with van der Waals surface area (Å²) >= 11 is 3.53. The van der Waals surface area contributed by atoms with Crippen molar-refractivity contribution >= 4 is 56.7 Å². The van der Waals surface area contributed by atoms with E-state index in [0.29, 0.717) is 32.8 Å². The molecule has 2 heterocycles. The molecule has 3 aromatic carbocycles. The summed E-state index contributed by atoms with van der Waals surface area (Å²) in [5, 5.41) is 1.87. The monoisotopic (exact) mass is 668 g/mol. The fourth-order valence-corrected chi connectivity index (χ4v) is 6.83. The van der Waals surface area contributed by atoms with E-state index in [9.17, 15) is 9.59 Å². The second kappa shape index (κ2) is 12.0. The zero-order chi connectivity index (χ0) is 28.4. The molecule has 9 heteroatoms. The number of halogens is 1. The minimum Gasteiger partial charge on any atom is -0.496 e. The highest BCUT2D eigenvalue weighted by Crippen LogP contribution is 2.41. The molecule has 0 amide bonds. The Morgan fingerprint density at radius 3 is 2.52 bits per heavy atom. The number of thiazole rings is 1. The molecule has 40 heavy (non-hydrogen) atoms. The predicted molar refractivity (Wildman–Crippen MR) is 166 cm³/mol. The van der Waals surface area contributed by atoms with E-state index in [4.69, 9.17) is 19.2 Å². The highest BCUT2D eigenvalue weighted by Gasteiger charge is 2.37. The molecule has 1 aromatic heterocycles. The molecule has 4 aromatic rings. The van der Waals surface area contributed by atoms with Crippen LogP contribution in [0.15, 0.2) is 75.7 Å². The molecule has 1 unspecified atom stereocenters. The largest absolute Gasteiger partial charge is 0.496 e. The lowest BCUT2D eigenvalue weighted by Crippen LogP contribution is -2.40. The van der Waals surface area contributed by atoms with Gasteiger partial charge in [0.15, 0.2) is 4.80 Å². The van der Waals surface area contributed by atoms with Gasteiger partial charge in [0.25, 0.3) is 5.56 Å². The Bertz CT molecular complexity index is 1820. The zero-order valence-corrected chi connectivity index (χ0v) is 25.7. The van der Waals surface area contributed by atoms with E-state index < -0.39 is 12.0 Å². The number of esters is 1. The summed E-state index contributed by atoms with van der Waals surface area (Å²) in [5.41, 5.74) is 2.38. The second-order valence-electron chi connectivity index (χ2n) is 9.21. The predicted octanol–water partition coefficient (Wildman–Crippen LogP) is 5.35. The fourth-order valence-electron chi connectivity index (χ4n) is 5.05.